The number of rotatable bonds is 2. The van der Waals surface area contributed by atoms with Crippen molar-refractivity contribution in [2.24, 2.45) is 0 Å². The molecule has 0 aliphatic rings. The van der Waals surface area contributed by atoms with Crippen LogP contribution in [-0.2, 0) is 0 Å². The Morgan fingerprint density at radius 1 is 1.11 bits per heavy atom. The van der Waals surface area contributed by atoms with Crippen molar-refractivity contribution >= 4 is 35.0 Å². The predicted molar refractivity (Wildman–Crippen MR) is 46.8 cm³/mol. The first kappa shape index (κ1) is 9.41. The molecule has 0 aliphatic heterocycles. The van der Waals surface area contributed by atoms with E-state index in [9.17, 15) is 0 Å². The van der Waals surface area contributed by atoms with Crippen molar-refractivity contribution in [2.45, 2.75) is 13.8 Å². The molecule has 0 aliphatic carbocycles. The Kier molecular flexibility index (Phi) is 5.45. The lowest BCUT2D eigenvalue weighted by Gasteiger charge is -1.84. The summed E-state index contributed by atoms with van der Waals surface area (Å²) in [5.41, 5.74) is 0. The highest BCUT2D eigenvalue weighted by molar-refractivity contribution is 8.05. The highest BCUT2D eigenvalue weighted by Crippen LogP contribution is 2.14. The van der Waals surface area contributed by atoms with E-state index in [2.05, 4.69) is 0 Å². The van der Waals surface area contributed by atoms with Gasteiger partial charge in [0, 0.05) is 10.1 Å². The molecule has 0 aromatic carbocycles. The van der Waals surface area contributed by atoms with Crippen molar-refractivity contribution in [1.82, 2.24) is 0 Å². The summed E-state index contributed by atoms with van der Waals surface area (Å²) >= 11 is 12.5. The van der Waals surface area contributed by atoms with E-state index in [-0.39, 0.29) is 0 Å². The van der Waals surface area contributed by atoms with Gasteiger partial charge in [0.2, 0.25) is 0 Å². The Hall–Kier alpha value is 0.410. The van der Waals surface area contributed by atoms with E-state index in [1.807, 2.05) is 24.7 Å². The van der Waals surface area contributed by atoms with Gasteiger partial charge in [-0.15, -0.1) is 11.8 Å². The topological polar surface area (TPSA) is 0 Å². The molecule has 0 atom stereocenters. The van der Waals surface area contributed by atoms with Crippen LogP contribution in [0.25, 0.3) is 0 Å². The van der Waals surface area contributed by atoms with Crippen LogP contribution in [-0.4, -0.2) is 0 Å². The molecule has 0 aromatic heterocycles. The van der Waals surface area contributed by atoms with Crippen LogP contribution in [0, 0.1) is 0 Å². The number of allylic oxidation sites excluding steroid dienone is 2. The fourth-order valence-electron chi connectivity index (χ4n) is 0.222. The minimum Gasteiger partial charge on any atom is -0.104 e. The monoisotopic (exact) mass is 182 g/mol. The van der Waals surface area contributed by atoms with Crippen molar-refractivity contribution in [3.05, 3.63) is 20.9 Å². The summed E-state index contributed by atoms with van der Waals surface area (Å²) < 4.78 is 0. The van der Waals surface area contributed by atoms with Gasteiger partial charge in [0.15, 0.2) is 0 Å². The van der Waals surface area contributed by atoms with Gasteiger partial charge in [-0.05, 0) is 24.7 Å². The maximum Gasteiger partial charge on any atom is 0.0216 e. The first-order valence-corrected chi connectivity index (χ1v) is 4.13. The van der Waals surface area contributed by atoms with Crippen LogP contribution >= 0.6 is 35.0 Å². The van der Waals surface area contributed by atoms with Gasteiger partial charge >= 0.3 is 0 Å². The van der Waals surface area contributed by atoms with Crippen molar-refractivity contribution < 1.29 is 0 Å². The molecule has 0 heterocycles. The quantitative estimate of drug-likeness (QED) is 0.625. The SMILES string of the molecule is CC(Cl)=CSC=C(C)Cl. The maximum atomic E-state index is 5.53. The largest absolute Gasteiger partial charge is 0.104 e. The van der Waals surface area contributed by atoms with Gasteiger partial charge in [-0.1, -0.05) is 23.2 Å². The second-order valence-electron chi connectivity index (χ2n) is 1.55. The summed E-state index contributed by atoms with van der Waals surface area (Å²) in [6, 6.07) is 0. The highest BCUT2D eigenvalue weighted by Gasteiger charge is 1.79. The fraction of sp³-hybridized carbons (Fsp3) is 0.333. The van der Waals surface area contributed by atoms with Crippen LogP contribution in [0.3, 0.4) is 0 Å². The normalized spacial score (nSPS) is 14.2. The maximum absolute atomic E-state index is 5.53. The standard InChI is InChI=1S/C6H8Cl2S/c1-5(7)3-9-4-6(2)8/h3-4H,1-2H3. The smallest absolute Gasteiger partial charge is 0.0216 e. The van der Waals surface area contributed by atoms with Crippen LogP contribution in [0.15, 0.2) is 20.9 Å². The van der Waals surface area contributed by atoms with E-state index >= 15 is 0 Å². The molecule has 0 N–H and O–H groups in total. The zero-order valence-electron chi connectivity index (χ0n) is 5.32. The summed E-state index contributed by atoms with van der Waals surface area (Å²) in [5.74, 6) is 0. The van der Waals surface area contributed by atoms with Crippen LogP contribution in [0.2, 0.25) is 0 Å². The van der Waals surface area contributed by atoms with E-state index in [0.717, 1.165) is 10.1 Å². The average Bonchev–Trinajstić information content (AvgIpc) is 1.63. The lowest BCUT2D eigenvalue weighted by atomic mass is 10.8. The third-order valence-corrected chi connectivity index (χ3v) is 1.92. The molecular weight excluding hydrogens is 175 g/mol. The fourth-order valence-corrected chi connectivity index (χ4v) is 0.973. The molecule has 0 fully saturated rings. The predicted octanol–water partition coefficient (Wildman–Crippen LogP) is 3.92. The zero-order valence-corrected chi connectivity index (χ0v) is 7.65. The van der Waals surface area contributed by atoms with Crippen LogP contribution in [0.5, 0.6) is 0 Å². The first-order chi connectivity index (χ1) is 4.13. The van der Waals surface area contributed by atoms with Gasteiger partial charge in [0.05, 0.1) is 0 Å². The van der Waals surface area contributed by atoms with Gasteiger partial charge in [-0.3, -0.25) is 0 Å². The first-order valence-electron chi connectivity index (χ1n) is 2.43. The molecule has 0 aromatic rings. The Bertz CT molecular complexity index is 114. The molecule has 3 heteroatoms. The molecular formula is C6H8Cl2S. The van der Waals surface area contributed by atoms with Crippen molar-refractivity contribution in [2.75, 3.05) is 0 Å². The number of hydrogen-bond donors (Lipinski definition) is 0. The zero-order chi connectivity index (χ0) is 7.28. The molecule has 0 nitrogen and oxygen atoms in total. The molecule has 0 saturated heterocycles. The highest BCUT2D eigenvalue weighted by atomic mass is 35.5. The van der Waals surface area contributed by atoms with E-state index in [0.29, 0.717) is 0 Å². The molecule has 0 spiro atoms. The Labute approximate surface area is 69.9 Å². The minimum atomic E-state index is 0.772. The molecule has 0 unspecified atom stereocenters. The molecule has 0 radical (unpaired) electrons. The summed E-state index contributed by atoms with van der Waals surface area (Å²) in [7, 11) is 0. The molecule has 9 heavy (non-hydrogen) atoms. The lowest BCUT2D eigenvalue weighted by molar-refractivity contribution is 1.70. The average molecular weight is 183 g/mol. The van der Waals surface area contributed by atoms with Gasteiger partial charge in [-0.2, -0.15) is 0 Å². The van der Waals surface area contributed by atoms with E-state index in [1.54, 1.807) is 0 Å². The van der Waals surface area contributed by atoms with E-state index < -0.39 is 0 Å². The summed E-state index contributed by atoms with van der Waals surface area (Å²) in [5, 5.41) is 5.20. The number of thioether (sulfide) groups is 1. The van der Waals surface area contributed by atoms with Crippen LogP contribution in [0.4, 0.5) is 0 Å². The molecule has 0 amide bonds. The summed E-state index contributed by atoms with van der Waals surface area (Å²) in [4.78, 5) is 0. The number of halogens is 2. The third kappa shape index (κ3) is 8.41. The number of hydrogen-bond acceptors (Lipinski definition) is 1. The third-order valence-electron chi connectivity index (χ3n) is 0.461. The Morgan fingerprint density at radius 2 is 1.44 bits per heavy atom. The van der Waals surface area contributed by atoms with Gasteiger partial charge in [-0.25, -0.2) is 0 Å². The molecule has 0 saturated carbocycles. The second kappa shape index (κ2) is 5.21. The summed E-state index contributed by atoms with van der Waals surface area (Å²) in [6.07, 6.45) is 0. The Morgan fingerprint density at radius 3 is 1.67 bits per heavy atom. The van der Waals surface area contributed by atoms with Crippen LogP contribution in [0.1, 0.15) is 13.8 Å². The van der Waals surface area contributed by atoms with E-state index in [4.69, 9.17) is 23.2 Å². The lowest BCUT2D eigenvalue weighted by Crippen LogP contribution is -1.53. The van der Waals surface area contributed by atoms with Crippen molar-refractivity contribution in [1.29, 1.82) is 0 Å². The van der Waals surface area contributed by atoms with Crippen LogP contribution < -0.4 is 0 Å². The van der Waals surface area contributed by atoms with E-state index in [1.165, 1.54) is 11.8 Å². The van der Waals surface area contributed by atoms with Gasteiger partial charge < -0.3 is 0 Å². The van der Waals surface area contributed by atoms with Gasteiger partial charge in [0.1, 0.15) is 0 Å². The second-order valence-corrected chi connectivity index (χ2v) is 3.48. The molecule has 0 rings (SSSR count). The molecule has 0 bridgehead atoms. The minimum absolute atomic E-state index is 0.772. The molecule has 52 valence electrons. The summed E-state index contributed by atoms with van der Waals surface area (Å²) in [6.45, 7) is 3.65. The van der Waals surface area contributed by atoms with Crippen molar-refractivity contribution in [3.8, 4) is 0 Å². The Balaban J connectivity index is 3.53. The van der Waals surface area contributed by atoms with Gasteiger partial charge in [0.25, 0.3) is 0 Å². The van der Waals surface area contributed by atoms with Crippen molar-refractivity contribution in [3.63, 3.8) is 0 Å².